The molecule has 0 fully saturated rings. The van der Waals surface area contributed by atoms with Crippen LogP contribution < -0.4 is 0 Å². The molecule has 0 spiro atoms. The second kappa shape index (κ2) is 5.40. The van der Waals surface area contributed by atoms with Gasteiger partial charge < -0.3 is 10.0 Å². The number of amides is 1. The van der Waals surface area contributed by atoms with Gasteiger partial charge in [-0.2, -0.15) is 13.2 Å². The number of carbonyl (C=O) groups excluding carboxylic acids is 1. The lowest BCUT2D eigenvalue weighted by molar-refractivity contribution is -0.137. The lowest BCUT2D eigenvalue weighted by Crippen LogP contribution is -2.39. The Bertz CT molecular complexity index is 506. The Morgan fingerprint density at radius 2 is 1.80 bits per heavy atom. The molecule has 1 aromatic rings. The summed E-state index contributed by atoms with van der Waals surface area (Å²) in [4.78, 5) is 13.0. The summed E-state index contributed by atoms with van der Waals surface area (Å²) in [6.45, 7) is 2.80. The summed E-state index contributed by atoms with van der Waals surface area (Å²) in [5.41, 5.74) is -2.84. The Labute approximate surface area is 113 Å². The third-order valence-electron chi connectivity index (χ3n) is 2.44. The number of rotatable bonds is 3. The lowest BCUT2D eigenvalue weighted by Gasteiger charge is -2.25. The number of alkyl halides is 3. The van der Waals surface area contributed by atoms with Crippen molar-refractivity contribution < 1.29 is 27.5 Å². The first-order chi connectivity index (χ1) is 8.90. The molecule has 112 valence electrons. The average molecular weight is 293 g/mol. The fourth-order valence-corrected chi connectivity index (χ4v) is 1.75. The number of halogens is 4. The quantitative estimate of drug-likeness (QED) is 0.870. The summed E-state index contributed by atoms with van der Waals surface area (Å²) >= 11 is 0. The van der Waals surface area contributed by atoms with E-state index < -0.39 is 34.6 Å². The number of hydrogen-bond acceptors (Lipinski definition) is 2. The van der Waals surface area contributed by atoms with Crippen LogP contribution in [0.1, 0.15) is 29.8 Å². The van der Waals surface area contributed by atoms with Crippen LogP contribution in [0.25, 0.3) is 0 Å². The van der Waals surface area contributed by atoms with E-state index in [9.17, 15) is 27.5 Å². The second-order valence-electron chi connectivity index (χ2n) is 5.20. The van der Waals surface area contributed by atoms with Crippen LogP contribution in [0.2, 0.25) is 0 Å². The molecule has 0 aliphatic carbocycles. The first-order valence-corrected chi connectivity index (χ1v) is 5.76. The number of benzene rings is 1. The molecule has 0 unspecified atom stereocenters. The van der Waals surface area contributed by atoms with Crippen molar-refractivity contribution in [3.05, 3.63) is 35.1 Å². The molecule has 3 nitrogen and oxygen atoms in total. The van der Waals surface area contributed by atoms with Crippen LogP contribution in [0.15, 0.2) is 18.2 Å². The molecule has 0 aliphatic rings. The van der Waals surface area contributed by atoms with Gasteiger partial charge in [-0.25, -0.2) is 4.39 Å². The number of hydrogen-bond donors (Lipinski definition) is 1. The van der Waals surface area contributed by atoms with Gasteiger partial charge in [0.15, 0.2) is 0 Å². The molecule has 1 rings (SSSR count). The van der Waals surface area contributed by atoms with Crippen molar-refractivity contribution in [2.75, 3.05) is 13.6 Å². The predicted octanol–water partition coefficient (Wildman–Crippen LogP) is 2.69. The summed E-state index contributed by atoms with van der Waals surface area (Å²) in [6, 6.07) is 1.65. The third kappa shape index (κ3) is 4.48. The molecule has 0 heterocycles. The maximum atomic E-state index is 13.2. The zero-order chi connectivity index (χ0) is 15.7. The van der Waals surface area contributed by atoms with E-state index in [0.717, 1.165) is 11.0 Å². The van der Waals surface area contributed by atoms with Gasteiger partial charge in [0.2, 0.25) is 0 Å². The van der Waals surface area contributed by atoms with Gasteiger partial charge in [-0.3, -0.25) is 4.79 Å². The van der Waals surface area contributed by atoms with Crippen molar-refractivity contribution in [1.29, 1.82) is 0 Å². The van der Waals surface area contributed by atoms with Crippen LogP contribution in [-0.4, -0.2) is 35.1 Å². The minimum Gasteiger partial charge on any atom is -0.389 e. The molecule has 0 saturated carbocycles. The monoisotopic (exact) mass is 293 g/mol. The highest BCUT2D eigenvalue weighted by molar-refractivity contribution is 5.94. The predicted molar refractivity (Wildman–Crippen MR) is 64.7 cm³/mol. The molecule has 0 aromatic heterocycles. The SMILES string of the molecule is CN(CC(C)(C)O)C(=O)c1cc(F)cc(C(F)(F)F)c1. The number of aliphatic hydroxyl groups is 1. The van der Waals surface area contributed by atoms with Gasteiger partial charge in [-0.1, -0.05) is 0 Å². The Balaban J connectivity index is 3.08. The highest BCUT2D eigenvalue weighted by atomic mass is 19.4. The fraction of sp³-hybridized carbons (Fsp3) is 0.462. The summed E-state index contributed by atoms with van der Waals surface area (Å²) in [7, 11) is 1.32. The molecular weight excluding hydrogens is 278 g/mol. The van der Waals surface area contributed by atoms with Crippen LogP contribution in [-0.2, 0) is 6.18 Å². The van der Waals surface area contributed by atoms with Gasteiger partial charge in [0.25, 0.3) is 5.91 Å². The zero-order valence-corrected chi connectivity index (χ0v) is 11.3. The van der Waals surface area contributed by atoms with Gasteiger partial charge in [0.05, 0.1) is 11.2 Å². The van der Waals surface area contributed by atoms with E-state index in [4.69, 9.17) is 0 Å². The smallest absolute Gasteiger partial charge is 0.389 e. The molecule has 7 heteroatoms. The second-order valence-corrected chi connectivity index (χ2v) is 5.20. The van der Waals surface area contributed by atoms with Crippen molar-refractivity contribution in [3.63, 3.8) is 0 Å². The number of nitrogens with zero attached hydrogens (tertiary/aromatic N) is 1. The van der Waals surface area contributed by atoms with Crippen molar-refractivity contribution in [2.45, 2.75) is 25.6 Å². The van der Waals surface area contributed by atoms with E-state index in [0.29, 0.717) is 12.1 Å². The standard InChI is InChI=1S/C13H15F4NO2/c1-12(2,20)7-18(3)11(19)8-4-9(13(15,16)17)6-10(14)5-8/h4-6,20H,7H2,1-3H3. The first-order valence-electron chi connectivity index (χ1n) is 5.76. The molecule has 0 bridgehead atoms. The minimum atomic E-state index is -4.73. The van der Waals surface area contributed by atoms with E-state index in [1.807, 2.05) is 0 Å². The summed E-state index contributed by atoms with van der Waals surface area (Å²) in [6.07, 6.45) is -4.73. The molecule has 0 saturated heterocycles. The topological polar surface area (TPSA) is 40.5 Å². The Hall–Kier alpha value is -1.63. The van der Waals surface area contributed by atoms with Gasteiger partial charge in [-0.05, 0) is 32.0 Å². The van der Waals surface area contributed by atoms with Crippen molar-refractivity contribution >= 4 is 5.91 Å². The number of carbonyl (C=O) groups is 1. The van der Waals surface area contributed by atoms with E-state index >= 15 is 0 Å². The van der Waals surface area contributed by atoms with Gasteiger partial charge in [0, 0.05) is 19.2 Å². The fourth-order valence-electron chi connectivity index (χ4n) is 1.75. The van der Waals surface area contributed by atoms with Gasteiger partial charge in [-0.15, -0.1) is 0 Å². The Kier molecular flexibility index (Phi) is 4.43. The highest BCUT2D eigenvalue weighted by Crippen LogP contribution is 2.30. The van der Waals surface area contributed by atoms with E-state index in [-0.39, 0.29) is 6.54 Å². The molecule has 1 aromatic carbocycles. The van der Waals surface area contributed by atoms with E-state index in [1.165, 1.54) is 20.9 Å². The van der Waals surface area contributed by atoms with E-state index in [1.54, 1.807) is 0 Å². The van der Waals surface area contributed by atoms with Crippen LogP contribution in [0.4, 0.5) is 17.6 Å². The maximum absolute atomic E-state index is 13.2. The molecule has 1 amide bonds. The van der Waals surface area contributed by atoms with Gasteiger partial charge in [0.1, 0.15) is 5.82 Å². The van der Waals surface area contributed by atoms with Crippen LogP contribution in [0.3, 0.4) is 0 Å². The lowest BCUT2D eigenvalue weighted by atomic mass is 10.1. The summed E-state index contributed by atoms with van der Waals surface area (Å²) in [5, 5.41) is 9.57. The third-order valence-corrected chi connectivity index (χ3v) is 2.44. The minimum absolute atomic E-state index is 0.0936. The zero-order valence-electron chi connectivity index (χ0n) is 11.3. The van der Waals surface area contributed by atoms with Crippen LogP contribution in [0, 0.1) is 5.82 Å². The Morgan fingerprint density at radius 1 is 1.25 bits per heavy atom. The molecule has 20 heavy (non-hydrogen) atoms. The average Bonchev–Trinajstić information content (AvgIpc) is 2.23. The van der Waals surface area contributed by atoms with Gasteiger partial charge >= 0.3 is 6.18 Å². The summed E-state index contributed by atoms with van der Waals surface area (Å²) < 4.78 is 50.9. The molecule has 0 aliphatic heterocycles. The largest absolute Gasteiger partial charge is 0.416 e. The van der Waals surface area contributed by atoms with Crippen molar-refractivity contribution in [2.24, 2.45) is 0 Å². The highest BCUT2D eigenvalue weighted by Gasteiger charge is 2.32. The maximum Gasteiger partial charge on any atom is 0.416 e. The first kappa shape index (κ1) is 16.4. The van der Waals surface area contributed by atoms with Crippen molar-refractivity contribution in [3.8, 4) is 0 Å². The molecule has 0 atom stereocenters. The van der Waals surface area contributed by atoms with Crippen molar-refractivity contribution in [1.82, 2.24) is 4.90 Å². The van der Waals surface area contributed by atoms with Crippen LogP contribution in [0.5, 0.6) is 0 Å². The normalized spacial score (nSPS) is 12.4. The number of likely N-dealkylation sites (N-methyl/N-ethyl adjacent to an activating group) is 1. The molecule has 0 radical (unpaired) electrons. The summed E-state index contributed by atoms with van der Waals surface area (Å²) in [5.74, 6) is -1.93. The van der Waals surface area contributed by atoms with E-state index in [2.05, 4.69) is 0 Å². The van der Waals surface area contributed by atoms with Crippen LogP contribution >= 0.6 is 0 Å². The molecule has 1 N–H and O–H groups in total. The molecular formula is C13H15F4NO2. The Morgan fingerprint density at radius 3 is 2.25 bits per heavy atom.